The summed E-state index contributed by atoms with van der Waals surface area (Å²) in [5.41, 5.74) is 0.945. The second-order valence-corrected chi connectivity index (χ2v) is 5.70. The number of fused-ring (bicyclic) bond motifs is 1. The van der Waals surface area contributed by atoms with Crippen LogP contribution in [0.3, 0.4) is 0 Å². The van der Waals surface area contributed by atoms with Gasteiger partial charge in [-0.2, -0.15) is 13.2 Å². The summed E-state index contributed by atoms with van der Waals surface area (Å²) in [6.45, 7) is 0.149. The molecule has 1 atom stereocenters. The highest BCUT2D eigenvalue weighted by molar-refractivity contribution is 6.05. The molecule has 1 aromatic carbocycles. The van der Waals surface area contributed by atoms with Gasteiger partial charge in [0.05, 0.1) is 11.3 Å². The van der Waals surface area contributed by atoms with Crippen molar-refractivity contribution in [3.8, 4) is 11.6 Å². The summed E-state index contributed by atoms with van der Waals surface area (Å²) < 4.78 is 46.2. The molecule has 2 aromatic rings. The number of carbonyl (C=O) groups is 2. The highest BCUT2D eigenvalue weighted by Gasteiger charge is 2.28. The summed E-state index contributed by atoms with van der Waals surface area (Å²) in [5, 5.41) is 5.26. The SMILES string of the molecule is C[C@H]1Oc2ccc(NC(=O)c3ccc(OCC(F)(F)F)nc3)cc2NC1=O. The van der Waals surface area contributed by atoms with E-state index >= 15 is 0 Å². The Kier molecular flexibility index (Phi) is 4.89. The second kappa shape index (κ2) is 7.14. The van der Waals surface area contributed by atoms with Crippen molar-refractivity contribution in [2.45, 2.75) is 19.2 Å². The van der Waals surface area contributed by atoms with Gasteiger partial charge in [0.2, 0.25) is 5.88 Å². The van der Waals surface area contributed by atoms with Gasteiger partial charge in [0, 0.05) is 18.0 Å². The number of benzene rings is 1. The fraction of sp³-hybridized carbons (Fsp3) is 0.235. The van der Waals surface area contributed by atoms with Gasteiger partial charge in [-0.1, -0.05) is 0 Å². The van der Waals surface area contributed by atoms with Gasteiger partial charge in [0.15, 0.2) is 12.7 Å². The number of alkyl halides is 3. The van der Waals surface area contributed by atoms with Gasteiger partial charge in [0.25, 0.3) is 11.8 Å². The van der Waals surface area contributed by atoms with Crippen LogP contribution in [0.4, 0.5) is 24.5 Å². The van der Waals surface area contributed by atoms with E-state index in [4.69, 9.17) is 4.74 Å². The maximum atomic E-state index is 12.2. The van der Waals surface area contributed by atoms with Crippen molar-refractivity contribution < 1.29 is 32.2 Å². The third-order valence-electron chi connectivity index (χ3n) is 3.55. The standard InChI is InChI=1S/C17H14F3N3O4/c1-9-15(24)23-12-6-11(3-4-13(12)27-9)22-16(25)10-2-5-14(21-7-10)26-8-17(18,19)20/h2-7,9H,8H2,1H3,(H,22,25)(H,23,24)/t9-/m1/s1. The van der Waals surface area contributed by atoms with Crippen molar-refractivity contribution >= 4 is 23.2 Å². The van der Waals surface area contributed by atoms with Crippen LogP contribution in [0, 0.1) is 0 Å². The molecule has 0 spiro atoms. The Labute approximate surface area is 151 Å². The highest BCUT2D eigenvalue weighted by Crippen LogP contribution is 2.32. The normalized spacial score (nSPS) is 16.0. The van der Waals surface area contributed by atoms with Gasteiger partial charge in [0.1, 0.15) is 5.75 Å². The van der Waals surface area contributed by atoms with Crippen LogP contribution in [0.2, 0.25) is 0 Å². The zero-order valence-corrected chi connectivity index (χ0v) is 14.0. The fourth-order valence-electron chi connectivity index (χ4n) is 2.25. The molecule has 0 radical (unpaired) electrons. The molecule has 0 saturated carbocycles. The van der Waals surface area contributed by atoms with Crippen molar-refractivity contribution in [1.82, 2.24) is 4.98 Å². The zero-order valence-electron chi connectivity index (χ0n) is 14.0. The van der Waals surface area contributed by atoms with Crippen LogP contribution in [-0.2, 0) is 4.79 Å². The maximum Gasteiger partial charge on any atom is 0.422 e. The van der Waals surface area contributed by atoms with Gasteiger partial charge in [-0.25, -0.2) is 4.98 Å². The number of anilines is 2. The lowest BCUT2D eigenvalue weighted by molar-refractivity contribution is -0.154. The molecule has 142 valence electrons. The second-order valence-electron chi connectivity index (χ2n) is 5.70. The van der Waals surface area contributed by atoms with Gasteiger partial charge in [-0.05, 0) is 31.2 Å². The number of rotatable bonds is 4. The summed E-state index contributed by atoms with van der Waals surface area (Å²) in [5.74, 6) is -0.592. The van der Waals surface area contributed by atoms with Crippen LogP contribution in [0.15, 0.2) is 36.5 Å². The minimum Gasteiger partial charge on any atom is -0.479 e. The molecule has 1 aliphatic heterocycles. The third kappa shape index (κ3) is 4.66. The van der Waals surface area contributed by atoms with E-state index in [9.17, 15) is 22.8 Å². The quantitative estimate of drug-likeness (QED) is 0.850. The van der Waals surface area contributed by atoms with E-state index < -0.39 is 24.8 Å². The number of halogens is 3. The average molecular weight is 381 g/mol. The van der Waals surface area contributed by atoms with Gasteiger partial charge >= 0.3 is 6.18 Å². The van der Waals surface area contributed by atoms with E-state index in [2.05, 4.69) is 20.4 Å². The number of hydrogen-bond acceptors (Lipinski definition) is 5. The predicted octanol–water partition coefficient (Wildman–Crippen LogP) is 2.99. The highest BCUT2D eigenvalue weighted by atomic mass is 19.4. The molecule has 3 rings (SSSR count). The Morgan fingerprint density at radius 2 is 2.11 bits per heavy atom. The smallest absolute Gasteiger partial charge is 0.422 e. The molecule has 27 heavy (non-hydrogen) atoms. The number of aromatic nitrogens is 1. The number of ether oxygens (including phenoxy) is 2. The molecule has 0 unspecified atom stereocenters. The molecule has 0 bridgehead atoms. The number of amides is 2. The van der Waals surface area contributed by atoms with Crippen LogP contribution in [0.1, 0.15) is 17.3 Å². The van der Waals surface area contributed by atoms with Crippen LogP contribution >= 0.6 is 0 Å². The molecule has 2 amide bonds. The number of nitrogens with one attached hydrogen (secondary N) is 2. The Balaban J connectivity index is 1.65. The molecule has 1 aliphatic rings. The predicted molar refractivity (Wildman–Crippen MR) is 88.9 cm³/mol. The molecule has 7 nitrogen and oxygen atoms in total. The lowest BCUT2D eigenvalue weighted by atomic mass is 10.2. The van der Waals surface area contributed by atoms with E-state index in [-0.39, 0.29) is 17.4 Å². The Morgan fingerprint density at radius 3 is 2.78 bits per heavy atom. The number of carbonyl (C=O) groups excluding carboxylic acids is 2. The Bertz CT molecular complexity index is 869. The topological polar surface area (TPSA) is 89.6 Å². The summed E-state index contributed by atoms with van der Waals surface area (Å²) in [7, 11) is 0. The van der Waals surface area contributed by atoms with Gasteiger partial charge in [-0.15, -0.1) is 0 Å². The van der Waals surface area contributed by atoms with E-state index in [0.717, 1.165) is 6.20 Å². The van der Waals surface area contributed by atoms with E-state index in [0.29, 0.717) is 17.1 Å². The third-order valence-corrected chi connectivity index (χ3v) is 3.55. The van der Waals surface area contributed by atoms with Gasteiger partial charge < -0.3 is 20.1 Å². The van der Waals surface area contributed by atoms with E-state index in [1.807, 2.05) is 0 Å². The van der Waals surface area contributed by atoms with Crippen molar-refractivity contribution in [1.29, 1.82) is 0 Å². The molecule has 0 aliphatic carbocycles. The zero-order chi connectivity index (χ0) is 19.6. The van der Waals surface area contributed by atoms with Crippen molar-refractivity contribution in [3.63, 3.8) is 0 Å². The molecular formula is C17H14F3N3O4. The summed E-state index contributed by atoms with van der Waals surface area (Å²) in [4.78, 5) is 27.6. The van der Waals surface area contributed by atoms with E-state index in [1.54, 1.807) is 19.1 Å². The maximum absolute atomic E-state index is 12.2. The van der Waals surface area contributed by atoms with Crippen LogP contribution in [0.5, 0.6) is 11.6 Å². The van der Waals surface area contributed by atoms with Crippen LogP contribution in [0.25, 0.3) is 0 Å². The largest absolute Gasteiger partial charge is 0.479 e. The molecule has 0 saturated heterocycles. The van der Waals surface area contributed by atoms with Crippen molar-refractivity contribution in [3.05, 3.63) is 42.1 Å². The first-order valence-corrected chi connectivity index (χ1v) is 7.80. The number of hydrogen-bond donors (Lipinski definition) is 2. The first-order chi connectivity index (χ1) is 12.7. The molecular weight excluding hydrogens is 367 g/mol. The number of pyridine rings is 1. The first-order valence-electron chi connectivity index (χ1n) is 7.80. The van der Waals surface area contributed by atoms with Crippen LogP contribution in [-0.4, -0.2) is 35.7 Å². The minimum atomic E-state index is -4.47. The summed E-state index contributed by atoms with van der Waals surface area (Å²) in [6.07, 6.45) is -3.98. The van der Waals surface area contributed by atoms with E-state index in [1.165, 1.54) is 18.2 Å². The Hall–Kier alpha value is -3.30. The molecule has 2 heterocycles. The summed E-state index contributed by atoms with van der Waals surface area (Å²) >= 11 is 0. The minimum absolute atomic E-state index is 0.126. The van der Waals surface area contributed by atoms with Gasteiger partial charge in [-0.3, -0.25) is 9.59 Å². The van der Waals surface area contributed by atoms with Crippen LogP contribution < -0.4 is 20.1 Å². The molecule has 1 aromatic heterocycles. The molecule has 0 fully saturated rings. The Morgan fingerprint density at radius 1 is 1.33 bits per heavy atom. The average Bonchev–Trinajstić information content (AvgIpc) is 2.61. The van der Waals surface area contributed by atoms with Crippen molar-refractivity contribution in [2.24, 2.45) is 0 Å². The lowest BCUT2D eigenvalue weighted by Gasteiger charge is -2.23. The number of nitrogens with zero attached hydrogens (tertiary/aromatic N) is 1. The lowest BCUT2D eigenvalue weighted by Crippen LogP contribution is -2.34. The summed E-state index contributed by atoms with van der Waals surface area (Å²) in [6, 6.07) is 7.19. The fourth-order valence-corrected chi connectivity index (χ4v) is 2.25. The first kappa shape index (κ1) is 18.5. The van der Waals surface area contributed by atoms with Crippen molar-refractivity contribution in [2.75, 3.05) is 17.2 Å². The monoisotopic (exact) mass is 381 g/mol. The molecule has 10 heteroatoms. The molecule has 2 N–H and O–H groups in total.